The average molecular weight is 233 g/mol. The molecule has 0 heterocycles. The van der Waals surface area contributed by atoms with Crippen molar-refractivity contribution >= 4 is 18.0 Å². The second kappa shape index (κ2) is 6.65. The van der Waals surface area contributed by atoms with Gasteiger partial charge in [-0.15, -0.1) is 0 Å². The molecule has 0 aliphatic carbocycles. The van der Waals surface area contributed by atoms with Gasteiger partial charge in [0.1, 0.15) is 6.04 Å². The van der Waals surface area contributed by atoms with Crippen LogP contribution in [-0.4, -0.2) is 40.9 Å². The van der Waals surface area contributed by atoms with Crippen LogP contribution in [0.3, 0.4) is 0 Å². The zero-order chi connectivity index (χ0) is 12.7. The van der Waals surface area contributed by atoms with Crippen molar-refractivity contribution in [3.05, 3.63) is 0 Å². The fourth-order valence-corrected chi connectivity index (χ4v) is 0.801. The van der Waals surface area contributed by atoms with Gasteiger partial charge in [-0.25, -0.2) is 9.59 Å². The molecule has 0 saturated heterocycles. The summed E-state index contributed by atoms with van der Waals surface area (Å²) >= 11 is 0. The highest BCUT2D eigenvalue weighted by Gasteiger charge is 2.23. The molecule has 0 rings (SSSR count). The summed E-state index contributed by atoms with van der Waals surface area (Å²) in [5.41, 5.74) is 0. The highest BCUT2D eigenvalue weighted by atomic mass is 16.5. The molecule has 0 saturated carbocycles. The molecular weight excluding hydrogens is 218 g/mol. The number of aliphatic carboxylic acids is 2. The largest absolute Gasteiger partial charge is 0.481 e. The van der Waals surface area contributed by atoms with Crippen molar-refractivity contribution in [1.82, 2.24) is 5.32 Å². The topological polar surface area (TPSA) is 113 Å². The summed E-state index contributed by atoms with van der Waals surface area (Å²) in [5, 5.41) is 19.0. The molecule has 92 valence electrons. The normalized spacial score (nSPS) is 11.9. The fraction of sp³-hybridized carbons (Fsp3) is 0.667. The van der Waals surface area contributed by atoms with E-state index in [0.29, 0.717) is 0 Å². The van der Waals surface area contributed by atoms with E-state index >= 15 is 0 Å². The standard InChI is InChI=1S/C9H15NO6/c1-5(2)4-16-9(15)10-6(8(13)14)3-7(11)12/h5-6H,3-4H2,1-2H3,(H,10,15)(H,11,12)(H,13,14)/t6-/m0/s1. The van der Waals surface area contributed by atoms with Gasteiger partial charge in [-0.2, -0.15) is 0 Å². The van der Waals surface area contributed by atoms with Crippen LogP contribution >= 0.6 is 0 Å². The Kier molecular flexibility index (Phi) is 5.91. The predicted molar refractivity (Wildman–Crippen MR) is 53.0 cm³/mol. The van der Waals surface area contributed by atoms with Crippen LogP contribution in [0.2, 0.25) is 0 Å². The number of nitrogens with one attached hydrogen (secondary N) is 1. The third-order valence-electron chi connectivity index (χ3n) is 1.52. The van der Waals surface area contributed by atoms with E-state index in [1.54, 1.807) is 0 Å². The molecule has 0 aliphatic heterocycles. The molecule has 0 radical (unpaired) electrons. The van der Waals surface area contributed by atoms with Crippen molar-refractivity contribution in [3.63, 3.8) is 0 Å². The van der Waals surface area contributed by atoms with Crippen LogP contribution in [0.1, 0.15) is 20.3 Å². The zero-order valence-corrected chi connectivity index (χ0v) is 9.10. The Bertz CT molecular complexity index is 275. The number of hydrogen-bond donors (Lipinski definition) is 3. The molecular formula is C9H15NO6. The maximum Gasteiger partial charge on any atom is 0.407 e. The summed E-state index contributed by atoms with van der Waals surface area (Å²) in [6.07, 6.45) is -1.62. The second-order valence-electron chi connectivity index (χ2n) is 3.63. The third kappa shape index (κ3) is 6.63. The molecule has 7 heteroatoms. The quantitative estimate of drug-likeness (QED) is 0.608. The van der Waals surface area contributed by atoms with Gasteiger partial charge in [-0.05, 0) is 5.92 Å². The lowest BCUT2D eigenvalue weighted by atomic mass is 10.2. The first-order chi connectivity index (χ1) is 7.32. The Morgan fingerprint density at radius 1 is 1.25 bits per heavy atom. The van der Waals surface area contributed by atoms with Crippen molar-refractivity contribution in [1.29, 1.82) is 0 Å². The molecule has 7 nitrogen and oxygen atoms in total. The third-order valence-corrected chi connectivity index (χ3v) is 1.52. The van der Waals surface area contributed by atoms with E-state index < -0.39 is 30.5 Å². The molecule has 16 heavy (non-hydrogen) atoms. The van der Waals surface area contributed by atoms with E-state index in [2.05, 4.69) is 4.74 Å². The first-order valence-corrected chi connectivity index (χ1v) is 4.70. The minimum Gasteiger partial charge on any atom is -0.481 e. The van der Waals surface area contributed by atoms with Crippen LogP contribution in [0.25, 0.3) is 0 Å². The summed E-state index contributed by atoms with van der Waals surface area (Å²) in [5.74, 6) is -2.60. The van der Waals surface area contributed by atoms with Crippen LogP contribution < -0.4 is 5.32 Å². The number of carbonyl (C=O) groups is 3. The van der Waals surface area contributed by atoms with Gasteiger partial charge in [-0.1, -0.05) is 13.8 Å². The monoisotopic (exact) mass is 233 g/mol. The molecule has 0 spiro atoms. The summed E-state index contributed by atoms with van der Waals surface area (Å²) in [6.45, 7) is 3.78. The Hall–Kier alpha value is -1.79. The van der Waals surface area contributed by atoms with Crippen molar-refractivity contribution in [2.75, 3.05) is 6.61 Å². The van der Waals surface area contributed by atoms with E-state index in [1.807, 2.05) is 19.2 Å². The summed E-state index contributed by atoms with van der Waals surface area (Å²) in [6, 6.07) is -1.47. The van der Waals surface area contributed by atoms with E-state index in [9.17, 15) is 14.4 Å². The van der Waals surface area contributed by atoms with Gasteiger partial charge in [0.05, 0.1) is 13.0 Å². The smallest absolute Gasteiger partial charge is 0.407 e. The fourth-order valence-electron chi connectivity index (χ4n) is 0.801. The first-order valence-electron chi connectivity index (χ1n) is 4.70. The highest BCUT2D eigenvalue weighted by molar-refractivity contribution is 5.84. The van der Waals surface area contributed by atoms with E-state index in [-0.39, 0.29) is 12.5 Å². The summed E-state index contributed by atoms with van der Waals surface area (Å²) < 4.78 is 4.66. The SMILES string of the molecule is CC(C)COC(=O)N[C@@H](CC(=O)O)C(=O)O. The van der Waals surface area contributed by atoms with E-state index in [0.717, 1.165) is 0 Å². The maximum absolute atomic E-state index is 11.1. The maximum atomic E-state index is 11.1. The van der Waals surface area contributed by atoms with Crippen LogP contribution in [0.4, 0.5) is 4.79 Å². The van der Waals surface area contributed by atoms with Gasteiger partial charge in [0.25, 0.3) is 0 Å². The van der Waals surface area contributed by atoms with Crippen LogP contribution in [0.5, 0.6) is 0 Å². The molecule has 3 N–H and O–H groups in total. The van der Waals surface area contributed by atoms with Crippen molar-refractivity contribution < 1.29 is 29.3 Å². The number of alkyl carbamates (subject to hydrolysis) is 1. The van der Waals surface area contributed by atoms with Gasteiger partial charge >= 0.3 is 18.0 Å². The molecule has 1 amide bonds. The van der Waals surface area contributed by atoms with Gasteiger partial charge < -0.3 is 20.3 Å². The molecule has 1 atom stereocenters. The lowest BCUT2D eigenvalue weighted by Crippen LogP contribution is -2.42. The molecule has 0 bridgehead atoms. The molecule has 0 aliphatic rings. The van der Waals surface area contributed by atoms with E-state index in [1.165, 1.54) is 0 Å². The van der Waals surface area contributed by atoms with Gasteiger partial charge in [0, 0.05) is 0 Å². The number of carboxylic acids is 2. The number of ether oxygens (including phenoxy) is 1. The molecule has 0 fully saturated rings. The minimum atomic E-state index is -1.47. The Morgan fingerprint density at radius 3 is 2.19 bits per heavy atom. The number of amides is 1. The first kappa shape index (κ1) is 14.2. The molecule has 0 aromatic heterocycles. The minimum absolute atomic E-state index is 0.119. The molecule has 0 aromatic rings. The Labute approximate surface area is 92.4 Å². The van der Waals surface area contributed by atoms with Crippen LogP contribution in [-0.2, 0) is 14.3 Å². The van der Waals surface area contributed by atoms with Crippen molar-refractivity contribution in [2.24, 2.45) is 5.92 Å². The average Bonchev–Trinajstić information content (AvgIpc) is 2.12. The Balaban J connectivity index is 4.13. The number of rotatable bonds is 6. The lowest BCUT2D eigenvalue weighted by Gasteiger charge is -2.13. The van der Waals surface area contributed by atoms with Crippen LogP contribution in [0.15, 0.2) is 0 Å². The second-order valence-corrected chi connectivity index (χ2v) is 3.63. The van der Waals surface area contributed by atoms with Crippen molar-refractivity contribution in [2.45, 2.75) is 26.3 Å². The summed E-state index contributed by atoms with van der Waals surface area (Å²) in [4.78, 5) is 31.9. The number of carboxylic acid groups (broad SMARTS) is 2. The van der Waals surface area contributed by atoms with Crippen molar-refractivity contribution in [3.8, 4) is 0 Å². The molecule has 0 aromatic carbocycles. The lowest BCUT2D eigenvalue weighted by molar-refractivity contribution is -0.145. The number of carbonyl (C=O) groups excluding carboxylic acids is 1. The Morgan fingerprint density at radius 2 is 1.81 bits per heavy atom. The van der Waals surface area contributed by atoms with Gasteiger partial charge in [0.2, 0.25) is 0 Å². The molecule has 0 unspecified atom stereocenters. The highest BCUT2D eigenvalue weighted by Crippen LogP contribution is 1.96. The number of hydrogen-bond acceptors (Lipinski definition) is 4. The zero-order valence-electron chi connectivity index (χ0n) is 9.10. The predicted octanol–water partition coefficient (Wildman–Crippen LogP) is 0.296. The van der Waals surface area contributed by atoms with E-state index in [4.69, 9.17) is 10.2 Å². The van der Waals surface area contributed by atoms with Gasteiger partial charge in [0.15, 0.2) is 0 Å². The van der Waals surface area contributed by atoms with Crippen LogP contribution in [0, 0.1) is 5.92 Å². The summed E-state index contributed by atoms with van der Waals surface area (Å²) in [7, 11) is 0. The van der Waals surface area contributed by atoms with Gasteiger partial charge in [-0.3, -0.25) is 4.79 Å².